The monoisotopic (exact) mass is 436 g/mol. The molecule has 2 rings (SSSR count). The lowest BCUT2D eigenvalue weighted by Gasteiger charge is -2.07. The van der Waals surface area contributed by atoms with Gasteiger partial charge in [0.25, 0.3) is 0 Å². The Bertz CT molecular complexity index is 775. The molecule has 0 saturated heterocycles. The summed E-state index contributed by atoms with van der Waals surface area (Å²) in [6.07, 6.45) is 16.0. The molecule has 0 amide bonds. The van der Waals surface area contributed by atoms with Gasteiger partial charge in [-0.3, -0.25) is 4.79 Å². The molecule has 0 aromatic heterocycles. The van der Waals surface area contributed by atoms with E-state index in [0.717, 1.165) is 49.5 Å². The van der Waals surface area contributed by atoms with Gasteiger partial charge in [0.1, 0.15) is 11.5 Å². The lowest BCUT2D eigenvalue weighted by atomic mass is 10.1. The van der Waals surface area contributed by atoms with Crippen LogP contribution in [-0.4, -0.2) is 19.0 Å². The Kier molecular flexibility index (Phi) is 13.0. The van der Waals surface area contributed by atoms with Crippen LogP contribution in [0.3, 0.4) is 0 Å². The number of rotatable bonds is 17. The lowest BCUT2D eigenvalue weighted by Crippen LogP contribution is -1.99. The second-order valence-corrected chi connectivity index (χ2v) is 8.32. The number of ketones is 1. The molecule has 0 radical (unpaired) electrons. The SMILES string of the molecule is CCCCCCCCCCOc1ccc(C(=O)/C=C/c2ccc(OCCCC)cc2)cc1. The van der Waals surface area contributed by atoms with E-state index in [1.54, 1.807) is 6.08 Å². The molecular formula is C29H40O3. The van der Waals surface area contributed by atoms with E-state index in [0.29, 0.717) is 5.56 Å². The summed E-state index contributed by atoms with van der Waals surface area (Å²) < 4.78 is 11.5. The third-order valence-corrected chi connectivity index (χ3v) is 5.48. The van der Waals surface area contributed by atoms with Gasteiger partial charge in [-0.05, 0) is 60.9 Å². The highest BCUT2D eigenvalue weighted by atomic mass is 16.5. The van der Waals surface area contributed by atoms with Crippen LogP contribution in [0.5, 0.6) is 11.5 Å². The molecule has 0 spiro atoms. The zero-order valence-corrected chi connectivity index (χ0v) is 20.0. The topological polar surface area (TPSA) is 35.5 Å². The summed E-state index contributed by atoms with van der Waals surface area (Å²) in [4.78, 5) is 12.4. The predicted octanol–water partition coefficient (Wildman–Crippen LogP) is 8.28. The Morgan fingerprint density at radius 2 is 1.16 bits per heavy atom. The van der Waals surface area contributed by atoms with Crippen molar-refractivity contribution in [2.45, 2.75) is 78.1 Å². The molecule has 0 aliphatic rings. The van der Waals surface area contributed by atoms with E-state index in [-0.39, 0.29) is 5.78 Å². The molecule has 3 heteroatoms. The second kappa shape index (κ2) is 16.1. The van der Waals surface area contributed by atoms with Crippen LogP contribution in [-0.2, 0) is 0 Å². The maximum absolute atomic E-state index is 12.4. The van der Waals surface area contributed by atoms with Crippen LogP contribution < -0.4 is 9.47 Å². The molecule has 0 N–H and O–H groups in total. The van der Waals surface area contributed by atoms with Gasteiger partial charge in [-0.15, -0.1) is 0 Å². The Hall–Kier alpha value is -2.55. The predicted molar refractivity (Wildman–Crippen MR) is 135 cm³/mol. The molecule has 0 heterocycles. The average molecular weight is 437 g/mol. The normalized spacial score (nSPS) is 11.1. The van der Waals surface area contributed by atoms with Crippen molar-refractivity contribution in [2.24, 2.45) is 0 Å². The van der Waals surface area contributed by atoms with Gasteiger partial charge in [0.05, 0.1) is 13.2 Å². The van der Waals surface area contributed by atoms with Crippen LogP contribution in [0.4, 0.5) is 0 Å². The van der Waals surface area contributed by atoms with Gasteiger partial charge < -0.3 is 9.47 Å². The zero-order chi connectivity index (χ0) is 22.9. The van der Waals surface area contributed by atoms with Gasteiger partial charge in [-0.2, -0.15) is 0 Å². The number of hydrogen-bond donors (Lipinski definition) is 0. The maximum atomic E-state index is 12.4. The summed E-state index contributed by atoms with van der Waals surface area (Å²) in [6, 6.07) is 15.3. The van der Waals surface area contributed by atoms with Crippen molar-refractivity contribution >= 4 is 11.9 Å². The molecule has 2 aromatic carbocycles. The van der Waals surface area contributed by atoms with Crippen LogP contribution in [0.1, 0.15) is 94.0 Å². The molecule has 0 unspecified atom stereocenters. The van der Waals surface area contributed by atoms with E-state index in [4.69, 9.17) is 9.47 Å². The number of benzene rings is 2. The van der Waals surface area contributed by atoms with E-state index in [9.17, 15) is 4.79 Å². The quantitative estimate of drug-likeness (QED) is 0.142. The number of allylic oxidation sites excluding steroid dienone is 1. The Morgan fingerprint density at radius 1 is 0.656 bits per heavy atom. The third-order valence-electron chi connectivity index (χ3n) is 5.48. The van der Waals surface area contributed by atoms with Gasteiger partial charge >= 0.3 is 0 Å². The number of carbonyl (C=O) groups is 1. The molecule has 0 aliphatic heterocycles. The fourth-order valence-corrected chi connectivity index (χ4v) is 3.42. The third kappa shape index (κ3) is 10.7. The first kappa shape index (κ1) is 25.7. The molecule has 174 valence electrons. The van der Waals surface area contributed by atoms with Crippen LogP contribution in [0.25, 0.3) is 6.08 Å². The molecule has 0 aliphatic carbocycles. The first-order valence-electron chi connectivity index (χ1n) is 12.4. The summed E-state index contributed by atoms with van der Waals surface area (Å²) in [5.74, 6) is 1.68. The molecule has 0 saturated carbocycles. The van der Waals surface area contributed by atoms with Crippen LogP contribution >= 0.6 is 0 Å². The molecule has 0 bridgehead atoms. The largest absolute Gasteiger partial charge is 0.494 e. The van der Waals surface area contributed by atoms with Crippen molar-refractivity contribution in [2.75, 3.05) is 13.2 Å². The van der Waals surface area contributed by atoms with Gasteiger partial charge in [0, 0.05) is 5.56 Å². The fourth-order valence-electron chi connectivity index (χ4n) is 3.42. The minimum absolute atomic E-state index is 0.0112. The van der Waals surface area contributed by atoms with Crippen molar-refractivity contribution in [3.05, 3.63) is 65.7 Å². The van der Waals surface area contributed by atoms with E-state index >= 15 is 0 Å². The summed E-state index contributed by atoms with van der Waals surface area (Å²) >= 11 is 0. The molecule has 0 atom stereocenters. The minimum atomic E-state index is -0.0112. The van der Waals surface area contributed by atoms with E-state index in [1.807, 2.05) is 54.6 Å². The number of unbranched alkanes of at least 4 members (excludes halogenated alkanes) is 8. The van der Waals surface area contributed by atoms with Gasteiger partial charge in [-0.25, -0.2) is 0 Å². The van der Waals surface area contributed by atoms with Crippen molar-refractivity contribution in [3.8, 4) is 11.5 Å². The minimum Gasteiger partial charge on any atom is -0.494 e. The fraction of sp³-hybridized carbons (Fsp3) is 0.483. The Labute approximate surface area is 194 Å². The van der Waals surface area contributed by atoms with Crippen LogP contribution in [0, 0.1) is 0 Å². The van der Waals surface area contributed by atoms with Crippen LogP contribution in [0.2, 0.25) is 0 Å². The number of ether oxygens (including phenoxy) is 2. The second-order valence-electron chi connectivity index (χ2n) is 8.32. The molecule has 3 nitrogen and oxygen atoms in total. The standard InChI is InChI=1S/C29H40O3/c1-3-5-7-8-9-10-11-12-24-32-28-20-16-26(17-21-28)29(30)22-15-25-13-18-27(19-14-25)31-23-6-4-2/h13-22H,3-12,23-24H2,1-2H3/b22-15+. The highest BCUT2D eigenvalue weighted by Gasteiger charge is 2.03. The van der Waals surface area contributed by atoms with Gasteiger partial charge in [-0.1, -0.05) is 83.4 Å². The van der Waals surface area contributed by atoms with Crippen molar-refractivity contribution in [3.63, 3.8) is 0 Å². The van der Waals surface area contributed by atoms with E-state index < -0.39 is 0 Å². The Balaban J connectivity index is 1.68. The highest BCUT2D eigenvalue weighted by molar-refractivity contribution is 6.06. The van der Waals surface area contributed by atoms with Crippen molar-refractivity contribution in [1.29, 1.82) is 0 Å². The zero-order valence-electron chi connectivity index (χ0n) is 20.0. The average Bonchev–Trinajstić information content (AvgIpc) is 2.83. The molecule has 2 aromatic rings. The smallest absolute Gasteiger partial charge is 0.185 e. The first-order valence-corrected chi connectivity index (χ1v) is 12.4. The summed E-state index contributed by atoms with van der Waals surface area (Å²) in [5.41, 5.74) is 1.65. The van der Waals surface area contributed by atoms with Gasteiger partial charge in [0.2, 0.25) is 0 Å². The summed E-state index contributed by atoms with van der Waals surface area (Å²) in [5, 5.41) is 0. The van der Waals surface area contributed by atoms with Crippen LogP contribution in [0.15, 0.2) is 54.6 Å². The number of carbonyl (C=O) groups excluding carboxylic acids is 1. The molecule has 0 fully saturated rings. The Morgan fingerprint density at radius 3 is 1.75 bits per heavy atom. The number of hydrogen-bond acceptors (Lipinski definition) is 3. The lowest BCUT2D eigenvalue weighted by molar-refractivity contribution is 0.104. The first-order chi connectivity index (χ1) is 15.7. The van der Waals surface area contributed by atoms with Crippen molar-refractivity contribution in [1.82, 2.24) is 0 Å². The summed E-state index contributed by atoms with van der Waals surface area (Å²) in [7, 11) is 0. The maximum Gasteiger partial charge on any atom is 0.185 e. The highest BCUT2D eigenvalue weighted by Crippen LogP contribution is 2.16. The van der Waals surface area contributed by atoms with E-state index in [2.05, 4.69) is 13.8 Å². The molecular weight excluding hydrogens is 396 g/mol. The molecule has 32 heavy (non-hydrogen) atoms. The van der Waals surface area contributed by atoms with E-state index in [1.165, 1.54) is 44.9 Å². The summed E-state index contributed by atoms with van der Waals surface area (Å²) in [6.45, 7) is 5.87. The van der Waals surface area contributed by atoms with Gasteiger partial charge in [0.15, 0.2) is 5.78 Å². The van der Waals surface area contributed by atoms with Crippen molar-refractivity contribution < 1.29 is 14.3 Å².